The minimum atomic E-state index is -0.184. The number of aromatic nitrogens is 1. The summed E-state index contributed by atoms with van der Waals surface area (Å²) in [4.78, 5) is 19.1. The van der Waals surface area contributed by atoms with Crippen LogP contribution in [0.4, 0.5) is 0 Å². The highest BCUT2D eigenvalue weighted by atomic mass is 35.5. The van der Waals surface area contributed by atoms with Crippen molar-refractivity contribution in [2.24, 2.45) is 0 Å². The molecule has 2 aromatic heterocycles. The summed E-state index contributed by atoms with van der Waals surface area (Å²) >= 11 is 6.21. The van der Waals surface area contributed by atoms with Crippen molar-refractivity contribution in [2.75, 3.05) is 26.2 Å². The van der Waals surface area contributed by atoms with Crippen molar-refractivity contribution in [3.05, 3.63) is 59.1 Å². The van der Waals surface area contributed by atoms with Crippen molar-refractivity contribution in [3.63, 3.8) is 0 Å². The molecule has 6 nitrogen and oxygen atoms in total. The van der Waals surface area contributed by atoms with Crippen LogP contribution in [0.25, 0.3) is 10.9 Å². The second-order valence-corrected chi connectivity index (χ2v) is 7.65. The van der Waals surface area contributed by atoms with Gasteiger partial charge in [-0.3, -0.25) is 14.7 Å². The number of halogens is 1. The molecule has 1 fully saturated rings. The number of furan rings is 1. The molecule has 7 heteroatoms. The lowest BCUT2D eigenvalue weighted by Crippen LogP contribution is -2.38. The maximum absolute atomic E-state index is 12.4. The van der Waals surface area contributed by atoms with Gasteiger partial charge in [-0.15, -0.1) is 0 Å². The Morgan fingerprint density at radius 2 is 2.10 bits per heavy atom. The molecule has 1 aromatic carbocycles. The second-order valence-electron chi connectivity index (χ2n) is 7.25. The third kappa shape index (κ3) is 4.54. The average molecular weight is 414 g/mol. The van der Waals surface area contributed by atoms with Crippen LogP contribution in [-0.2, 0) is 4.79 Å². The minimum Gasteiger partial charge on any atom is -0.481 e. The van der Waals surface area contributed by atoms with Crippen molar-refractivity contribution in [2.45, 2.75) is 25.8 Å². The Labute approximate surface area is 174 Å². The van der Waals surface area contributed by atoms with E-state index >= 15 is 0 Å². The quantitative estimate of drug-likeness (QED) is 0.631. The normalized spacial score (nSPS) is 15.5. The van der Waals surface area contributed by atoms with Crippen molar-refractivity contribution < 1.29 is 13.9 Å². The number of rotatable bonds is 7. The third-order valence-corrected chi connectivity index (χ3v) is 5.53. The van der Waals surface area contributed by atoms with Gasteiger partial charge in [0.25, 0.3) is 5.91 Å². The molecule has 3 heterocycles. The lowest BCUT2D eigenvalue weighted by atomic mass is 10.2. The number of aryl methyl sites for hydroxylation is 1. The number of fused-ring (bicyclic) bond motifs is 1. The van der Waals surface area contributed by atoms with Gasteiger partial charge in [-0.2, -0.15) is 0 Å². The zero-order chi connectivity index (χ0) is 20.2. The van der Waals surface area contributed by atoms with E-state index in [4.69, 9.17) is 20.8 Å². The van der Waals surface area contributed by atoms with Crippen LogP contribution in [0.15, 0.2) is 47.0 Å². The van der Waals surface area contributed by atoms with Gasteiger partial charge in [-0.05, 0) is 69.3 Å². The number of ether oxygens (including phenoxy) is 1. The summed E-state index contributed by atoms with van der Waals surface area (Å²) in [5, 5.41) is 4.39. The first-order chi connectivity index (χ1) is 14.1. The van der Waals surface area contributed by atoms with E-state index in [2.05, 4.69) is 15.2 Å². The lowest BCUT2D eigenvalue weighted by Gasteiger charge is -2.26. The number of carbonyl (C=O) groups excluding carboxylic acids is 1. The Bertz CT molecular complexity index is 998. The predicted molar refractivity (Wildman–Crippen MR) is 112 cm³/mol. The van der Waals surface area contributed by atoms with E-state index < -0.39 is 0 Å². The maximum atomic E-state index is 12.4. The standard InChI is InChI=1S/C22H24ClN3O3/c1-15-6-8-19(29-15)18(26-11-2-3-12-26)13-25-21(27)14-28-20-9-7-17(23)16-5-4-10-24-22(16)20/h4-10,18H,2-3,11-14H2,1H3,(H,25,27). The molecule has 0 spiro atoms. The monoisotopic (exact) mass is 413 g/mol. The lowest BCUT2D eigenvalue weighted by molar-refractivity contribution is -0.123. The van der Waals surface area contributed by atoms with E-state index in [0.29, 0.717) is 22.8 Å². The van der Waals surface area contributed by atoms with Gasteiger partial charge in [0.15, 0.2) is 6.61 Å². The number of nitrogens with one attached hydrogen (secondary N) is 1. The van der Waals surface area contributed by atoms with Crippen LogP contribution in [0.1, 0.15) is 30.4 Å². The predicted octanol–water partition coefficient (Wildman–Crippen LogP) is 4.12. The Morgan fingerprint density at radius 1 is 1.28 bits per heavy atom. The van der Waals surface area contributed by atoms with Gasteiger partial charge in [0.2, 0.25) is 0 Å². The fraction of sp³-hybridized carbons (Fsp3) is 0.364. The molecule has 4 rings (SSSR count). The highest BCUT2D eigenvalue weighted by Crippen LogP contribution is 2.29. The molecule has 1 unspecified atom stereocenters. The van der Waals surface area contributed by atoms with Crippen molar-refractivity contribution in [3.8, 4) is 5.75 Å². The van der Waals surface area contributed by atoms with E-state index in [1.807, 2.05) is 31.2 Å². The van der Waals surface area contributed by atoms with Gasteiger partial charge >= 0.3 is 0 Å². The zero-order valence-electron chi connectivity index (χ0n) is 16.4. The largest absolute Gasteiger partial charge is 0.481 e. The third-order valence-electron chi connectivity index (χ3n) is 5.20. The summed E-state index contributed by atoms with van der Waals surface area (Å²) in [5.41, 5.74) is 0.647. The molecule has 0 bridgehead atoms. The second kappa shape index (κ2) is 8.84. The van der Waals surface area contributed by atoms with Gasteiger partial charge in [-0.1, -0.05) is 11.6 Å². The molecule has 1 N–H and O–H groups in total. The number of hydrogen-bond donors (Lipinski definition) is 1. The molecule has 29 heavy (non-hydrogen) atoms. The van der Waals surface area contributed by atoms with Gasteiger partial charge in [0, 0.05) is 18.1 Å². The number of benzene rings is 1. The molecule has 1 aliphatic rings. The summed E-state index contributed by atoms with van der Waals surface area (Å²) in [5.74, 6) is 2.12. The Balaban J connectivity index is 1.38. The summed E-state index contributed by atoms with van der Waals surface area (Å²) < 4.78 is 11.6. The van der Waals surface area contributed by atoms with Crippen molar-refractivity contribution in [1.29, 1.82) is 0 Å². The number of hydrogen-bond acceptors (Lipinski definition) is 5. The van der Waals surface area contributed by atoms with E-state index in [1.165, 1.54) is 12.8 Å². The molecule has 152 valence electrons. The molecule has 0 radical (unpaired) electrons. The number of likely N-dealkylation sites (tertiary alicyclic amines) is 1. The van der Waals surface area contributed by atoms with Crippen LogP contribution in [0, 0.1) is 6.92 Å². The Morgan fingerprint density at radius 3 is 2.86 bits per heavy atom. The van der Waals surface area contributed by atoms with Crippen LogP contribution in [0.3, 0.4) is 0 Å². The van der Waals surface area contributed by atoms with Gasteiger partial charge < -0.3 is 14.5 Å². The number of amides is 1. The molecule has 0 aliphatic carbocycles. The maximum Gasteiger partial charge on any atom is 0.258 e. The molecule has 1 aliphatic heterocycles. The molecule has 1 saturated heterocycles. The number of carbonyl (C=O) groups is 1. The van der Waals surface area contributed by atoms with Gasteiger partial charge in [0.1, 0.15) is 22.8 Å². The smallest absolute Gasteiger partial charge is 0.258 e. The highest BCUT2D eigenvalue weighted by Gasteiger charge is 2.26. The topological polar surface area (TPSA) is 67.6 Å². The first-order valence-corrected chi connectivity index (χ1v) is 10.2. The van der Waals surface area contributed by atoms with E-state index in [1.54, 1.807) is 18.3 Å². The van der Waals surface area contributed by atoms with Crippen LogP contribution in [0.2, 0.25) is 5.02 Å². The first kappa shape index (κ1) is 19.7. The van der Waals surface area contributed by atoms with E-state index in [0.717, 1.165) is 30.0 Å². The molecule has 1 amide bonds. The molecular formula is C22H24ClN3O3. The van der Waals surface area contributed by atoms with Crippen LogP contribution in [-0.4, -0.2) is 42.0 Å². The van der Waals surface area contributed by atoms with E-state index in [9.17, 15) is 4.79 Å². The summed E-state index contributed by atoms with van der Waals surface area (Å²) in [6.07, 6.45) is 4.02. The van der Waals surface area contributed by atoms with Crippen LogP contribution in [0.5, 0.6) is 5.75 Å². The van der Waals surface area contributed by atoms with Crippen LogP contribution >= 0.6 is 11.6 Å². The summed E-state index contributed by atoms with van der Waals surface area (Å²) in [7, 11) is 0. The highest BCUT2D eigenvalue weighted by molar-refractivity contribution is 6.35. The van der Waals surface area contributed by atoms with Crippen molar-refractivity contribution in [1.82, 2.24) is 15.2 Å². The van der Waals surface area contributed by atoms with Gasteiger partial charge in [0.05, 0.1) is 11.1 Å². The Hall–Kier alpha value is -2.57. The molecule has 0 saturated carbocycles. The minimum absolute atomic E-state index is 0.0354. The SMILES string of the molecule is Cc1ccc(C(CNC(=O)COc2ccc(Cl)c3cccnc23)N2CCCC2)o1. The van der Waals surface area contributed by atoms with Crippen molar-refractivity contribution >= 4 is 28.4 Å². The van der Waals surface area contributed by atoms with Crippen LogP contribution < -0.4 is 10.1 Å². The number of nitrogens with zero attached hydrogens (tertiary/aromatic N) is 2. The Kier molecular flexibility index (Phi) is 6.02. The van der Waals surface area contributed by atoms with Gasteiger partial charge in [-0.25, -0.2) is 0 Å². The van der Waals surface area contributed by atoms with E-state index in [-0.39, 0.29) is 18.6 Å². The number of pyridine rings is 1. The summed E-state index contributed by atoms with van der Waals surface area (Å²) in [6.45, 7) is 4.35. The fourth-order valence-corrected chi connectivity index (χ4v) is 3.94. The first-order valence-electron chi connectivity index (χ1n) is 9.85. The summed E-state index contributed by atoms with van der Waals surface area (Å²) in [6, 6.07) is 11.2. The molecule has 1 atom stereocenters. The average Bonchev–Trinajstić information content (AvgIpc) is 3.40. The molecular weight excluding hydrogens is 390 g/mol. The zero-order valence-corrected chi connectivity index (χ0v) is 17.1. The fourth-order valence-electron chi connectivity index (χ4n) is 3.73. The molecule has 3 aromatic rings.